The molecule has 1 aliphatic heterocycles. The number of likely N-dealkylation sites (tertiary alicyclic amines) is 1. The number of aromatic nitrogens is 2. The average molecular weight is 351 g/mol. The number of carbonyl (C=O) groups excluding carboxylic acids is 1. The lowest BCUT2D eigenvalue weighted by atomic mass is 10.1. The first kappa shape index (κ1) is 16.4. The highest BCUT2D eigenvalue weighted by Crippen LogP contribution is 2.28. The van der Waals surface area contributed by atoms with Crippen LogP contribution >= 0.6 is 0 Å². The van der Waals surface area contributed by atoms with Crippen molar-refractivity contribution in [2.75, 3.05) is 13.1 Å². The lowest BCUT2D eigenvalue weighted by Crippen LogP contribution is -2.27. The first-order chi connectivity index (χ1) is 12.7. The molecule has 1 fully saturated rings. The average Bonchev–Trinajstić information content (AvgIpc) is 3.28. The van der Waals surface area contributed by atoms with Crippen LogP contribution < -0.4 is 0 Å². The molecule has 0 radical (unpaired) electrons. The summed E-state index contributed by atoms with van der Waals surface area (Å²) in [5, 5.41) is 4.00. The fourth-order valence-electron chi connectivity index (χ4n) is 3.21. The maximum Gasteiger partial charge on any atom is 0.258 e. The van der Waals surface area contributed by atoms with E-state index in [4.69, 9.17) is 4.52 Å². The van der Waals surface area contributed by atoms with Crippen molar-refractivity contribution in [2.45, 2.75) is 18.8 Å². The van der Waals surface area contributed by atoms with Gasteiger partial charge in [0.05, 0.1) is 0 Å². The molecule has 1 saturated heterocycles. The van der Waals surface area contributed by atoms with E-state index in [1.807, 2.05) is 23.1 Å². The molecule has 3 aromatic rings. The molecule has 0 aliphatic carbocycles. The predicted octanol–water partition coefficient (Wildman–Crippen LogP) is 3.43. The molecule has 0 saturated carbocycles. The van der Waals surface area contributed by atoms with E-state index in [0.717, 1.165) is 6.42 Å². The van der Waals surface area contributed by atoms with E-state index in [2.05, 4.69) is 22.3 Å². The molecular formula is C20H18FN3O2. The van der Waals surface area contributed by atoms with Crippen LogP contribution in [0.4, 0.5) is 4.39 Å². The van der Waals surface area contributed by atoms with Gasteiger partial charge in [-0.25, -0.2) is 4.39 Å². The van der Waals surface area contributed by atoms with Crippen LogP contribution in [0.5, 0.6) is 0 Å². The summed E-state index contributed by atoms with van der Waals surface area (Å²) in [5.74, 6) is 0.423. The minimum atomic E-state index is -0.356. The van der Waals surface area contributed by atoms with Crippen LogP contribution in [0.3, 0.4) is 0 Å². The zero-order valence-corrected chi connectivity index (χ0v) is 14.1. The van der Waals surface area contributed by atoms with Gasteiger partial charge in [0.15, 0.2) is 5.82 Å². The molecule has 2 heterocycles. The Hall–Kier alpha value is -3.02. The van der Waals surface area contributed by atoms with Gasteiger partial charge in [-0.3, -0.25) is 4.79 Å². The molecule has 26 heavy (non-hydrogen) atoms. The molecule has 0 bridgehead atoms. The summed E-state index contributed by atoms with van der Waals surface area (Å²) in [6.07, 6.45) is 1.19. The maximum atomic E-state index is 13.3. The van der Waals surface area contributed by atoms with Gasteiger partial charge >= 0.3 is 0 Å². The van der Waals surface area contributed by atoms with E-state index in [0.29, 0.717) is 30.9 Å². The summed E-state index contributed by atoms with van der Waals surface area (Å²) in [7, 11) is 0. The Balaban J connectivity index is 1.42. The first-order valence-electron chi connectivity index (χ1n) is 8.60. The van der Waals surface area contributed by atoms with Crippen LogP contribution in [0, 0.1) is 5.82 Å². The molecule has 6 heteroatoms. The van der Waals surface area contributed by atoms with Gasteiger partial charge in [0.25, 0.3) is 5.89 Å². The summed E-state index contributed by atoms with van der Waals surface area (Å²) in [6, 6.07) is 16.1. The van der Waals surface area contributed by atoms with Crippen LogP contribution in [0.15, 0.2) is 59.1 Å². The zero-order valence-electron chi connectivity index (χ0n) is 14.1. The van der Waals surface area contributed by atoms with Crippen molar-refractivity contribution >= 4 is 5.91 Å². The highest BCUT2D eigenvalue weighted by atomic mass is 19.1. The third-order valence-electron chi connectivity index (χ3n) is 4.61. The van der Waals surface area contributed by atoms with Crippen LogP contribution in [0.2, 0.25) is 0 Å². The molecule has 1 atom stereocenters. The van der Waals surface area contributed by atoms with E-state index >= 15 is 0 Å². The van der Waals surface area contributed by atoms with Crippen molar-refractivity contribution in [1.82, 2.24) is 15.0 Å². The van der Waals surface area contributed by atoms with E-state index < -0.39 is 0 Å². The second-order valence-electron chi connectivity index (χ2n) is 6.44. The lowest BCUT2D eigenvalue weighted by Gasteiger charge is -2.15. The molecule has 1 unspecified atom stereocenters. The highest BCUT2D eigenvalue weighted by molar-refractivity contribution is 5.79. The molecular weight excluding hydrogens is 333 g/mol. The summed E-state index contributed by atoms with van der Waals surface area (Å²) in [6.45, 7) is 1.25. The number of carbonyl (C=O) groups is 1. The molecule has 5 nitrogen and oxygen atoms in total. The minimum Gasteiger partial charge on any atom is -0.342 e. The van der Waals surface area contributed by atoms with Gasteiger partial charge in [-0.05, 0) is 30.2 Å². The van der Waals surface area contributed by atoms with Crippen LogP contribution in [-0.2, 0) is 11.2 Å². The molecule has 0 spiro atoms. The summed E-state index contributed by atoms with van der Waals surface area (Å²) in [4.78, 5) is 18.5. The van der Waals surface area contributed by atoms with Gasteiger partial charge in [0, 0.05) is 31.0 Å². The quantitative estimate of drug-likeness (QED) is 0.707. The largest absolute Gasteiger partial charge is 0.342 e. The van der Waals surface area contributed by atoms with Crippen LogP contribution in [0.1, 0.15) is 23.7 Å². The van der Waals surface area contributed by atoms with E-state index in [9.17, 15) is 9.18 Å². The van der Waals surface area contributed by atoms with Gasteiger partial charge in [0.2, 0.25) is 5.91 Å². The van der Waals surface area contributed by atoms with Crippen molar-refractivity contribution in [3.05, 3.63) is 71.8 Å². The Kier molecular flexibility index (Phi) is 4.48. The van der Waals surface area contributed by atoms with Gasteiger partial charge in [-0.1, -0.05) is 41.6 Å². The van der Waals surface area contributed by atoms with Gasteiger partial charge in [-0.15, -0.1) is 0 Å². The SMILES string of the molecule is O=C1CC(c2noc(-c3cccc(F)c3)n2)CN1CCc1ccccc1. The molecule has 132 valence electrons. The highest BCUT2D eigenvalue weighted by Gasteiger charge is 2.33. The third-order valence-corrected chi connectivity index (χ3v) is 4.61. The second-order valence-corrected chi connectivity index (χ2v) is 6.44. The smallest absolute Gasteiger partial charge is 0.258 e. The molecule has 1 aromatic heterocycles. The number of amides is 1. The van der Waals surface area contributed by atoms with Crippen LogP contribution in [-0.4, -0.2) is 34.0 Å². The monoisotopic (exact) mass is 351 g/mol. The molecule has 1 amide bonds. The summed E-state index contributed by atoms with van der Waals surface area (Å²) >= 11 is 0. The first-order valence-corrected chi connectivity index (χ1v) is 8.60. The Morgan fingerprint density at radius 3 is 2.81 bits per heavy atom. The number of nitrogens with zero attached hydrogens (tertiary/aromatic N) is 3. The number of rotatable bonds is 5. The third kappa shape index (κ3) is 3.49. The number of hydrogen-bond donors (Lipinski definition) is 0. The topological polar surface area (TPSA) is 59.2 Å². The summed E-state index contributed by atoms with van der Waals surface area (Å²) in [5.41, 5.74) is 1.74. The Morgan fingerprint density at radius 1 is 1.15 bits per heavy atom. The second kappa shape index (κ2) is 7.07. The molecule has 1 aliphatic rings. The van der Waals surface area contributed by atoms with E-state index in [1.165, 1.54) is 17.7 Å². The van der Waals surface area contributed by atoms with Crippen molar-refractivity contribution in [3.8, 4) is 11.5 Å². The fraction of sp³-hybridized carbons (Fsp3) is 0.250. The maximum absolute atomic E-state index is 13.3. The standard InChI is InChI=1S/C20H18FN3O2/c21-17-8-4-7-15(11-17)20-22-19(23-26-20)16-12-18(25)24(13-16)10-9-14-5-2-1-3-6-14/h1-8,11,16H,9-10,12-13H2. The van der Waals surface area contributed by atoms with Gasteiger partial charge in [-0.2, -0.15) is 4.98 Å². The summed E-state index contributed by atoms with van der Waals surface area (Å²) < 4.78 is 18.6. The van der Waals surface area contributed by atoms with Crippen molar-refractivity contribution < 1.29 is 13.7 Å². The van der Waals surface area contributed by atoms with Crippen molar-refractivity contribution in [1.29, 1.82) is 0 Å². The lowest BCUT2D eigenvalue weighted by molar-refractivity contribution is -0.127. The van der Waals surface area contributed by atoms with Gasteiger partial charge in [0.1, 0.15) is 5.82 Å². The molecule has 4 rings (SSSR count). The van der Waals surface area contributed by atoms with Crippen molar-refractivity contribution in [2.24, 2.45) is 0 Å². The zero-order chi connectivity index (χ0) is 17.9. The Morgan fingerprint density at radius 2 is 2.00 bits per heavy atom. The fourth-order valence-corrected chi connectivity index (χ4v) is 3.21. The van der Waals surface area contributed by atoms with Crippen LogP contribution in [0.25, 0.3) is 11.5 Å². The van der Waals surface area contributed by atoms with Gasteiger partial charge < -0.3 is 9.42 Å². The Bertz CT molecular complexity index is 910. The molecule has 2 aromatic carbocycles. The molecule has 0 N–H and O–H groups in total. The Labute approximate surface area is 150 Å². The number of hydrogen-bond acceptors (Lipinski definition) is 4. The van der Waals surface area contributed by atoms with E-state index in [-0.39, 0.29) is 23.5 Å². The number of halogens is 1. The predicted molar refractivity (Wildman–Crippen MR) is 93.8 cm³/mol. The normalized spacial score (nSPS) is 17.0. The minimum absolute atomic E-state index is 0.0932. The number of benzene rings is 2. The van der Waals surface area contributed by atoms with E-state index in [1.54, 1.807) is 12.1 Å². The van der Waals surface area contributed by atoms with Crippen molar-refractivity contribution in [3.63, 3.8) is 0 Å².